The topological polar surface area (TPSA) is 72.8 Å². The lowest BCUT2D eigenvalue weighted by atomic mass is 10.1. The maximum absolute atomic E-state index is 11.4. The largest absolute Gasteiger partial charge is 0.459 e. The van der Waals surface area contributed by atoms with Crippen LogP contribution in [0.15, 0.2) is 24.3 Å². The van der Waals surface area contributed by atoms with Gasteiger partial charge in [-0.15, -0.1) is 0 Å². The summed E-state index contributed by atoms with van der Waals surface area (Å²) in [4.78, 5) is 22.8. The molecule has 1 aliphatic heterocycles. The molecule has 0 aromatic heterocycles. The Hall–Kier alpha value is -1.62. The van der Waals surface area contributed by atoms with Crippen LogP contribution in [0.4, 0.5) is 0 Å². The average molecular weight is 268 g/mol. The molecule has 1 unspecified atom stereocenters. The van der Waals surface area contributed by atoms with Crippen LogP contribution in [0.25, 0.3) is 0 Å². The van der Waals surface area contributed by atoms with Gasteiger partial charge in [0.1, 0.15) is 12.2 Å². The van der Waals surface area contributed by atoms with E-state index in [1.807, 2.05) is 0 Å². The lowest BCUT2D eigenvalue weighted by Gasteiger charge is -2.16. The Morgan fingerprint density at radius 3 is 2.16 bits per heavy atom. The summed E-state index contributed by atoms with van der Waals surface area (Å²) in [5.74, 6) is -0.897. The van der Waals surface area contributed by atoms with E-state index in [1.54, 1.807) is 26.0 Å². The Labute approximate surface area is 112 Å². The summed E-state index contributed by atoms with van der Waals surface area (Å²) >= 11 is 0. The first-order chi connectivity index (χ1) is 8.97. The fourth-order valence-corrected chi connectivity index (χ4v) is 1.73. The number of aliphatic hydroxyl groups excluding tert-OH is 1. The SMILES string of the molecule is CC1C[C@@H](O)CC=CC(=O)O[C@H](C)CC=CC(=O)O1. The van der Waals surface area contributed by atoms with E-state index in [2.05, 4.69) is 0 Å². The molecule has 0 saturated heterocycles. The van der Waals surface area contributed by atoms with Crippen molar-refractivity contribution in [3.63, 3.8) is 0 Å². The predicted octanol–water partition coefficient (Wildman–Crippen LogP) is 1.51. The van der Waals surface area contributed by atoms with Crippen LogP contribution in [0.1, 0.15) is 33.1 Å². The van der Waals surface area contributed by atoms with Crippen molar-refractivity contribution in [2.24, 2.45) is 0 Å². The molecule has 0 aliphatic carbocycles. The second-order valence-corrected chi connectivity index (χ2v) is 4.66. The van der Waals surface area contributed by atoms with E-state index in [-0.39, 0.29) is 12.2 Å². The second kappa shape index (κ2) is 7.74. The Kier molecular flexibility index (Phi) is 6.29. The summed E-state index contributed by atoms with van der Waals surface area (Å²) in [6, 6.07) is 0. The van der Waals surface area contributed by atoms with E-state index in [0.29, 0.717) is 19.3 Å². The first kappa shape index (κ1) is 15.4. The van der Waals surface area contributed by atoms with Crippen LogP contribution in [0.2, 0.25) is 0 Å². The minimum atomic E-state index is -0.656. The first-order valence-corrected chi connectivity index (χ1v) is 6.39. The zero-order valence-corrected chi connectivity index (χ0v) is 11.2. The first-order valence-electron chi connectivity index (χ1n) is 6.39. The molecule has 0 saturated carbocycles. The fraction of sp³-hybridized carbons (Fsp3) is 0.571. The van der Waals surface area contributed by atoms with Crippen molar-refractivity contribution in [1.29, 1.82) is 0 Å². The van der Waals surface area contributed by atoms with Crippen LogP contribution in [0.5, 0.6) is 0 Å². The minimum absolute atomic E-state index is 0.313. The molecular formula is C14H20O5. The molecule has 0 spiro atoms. The van der Waals surface area contributed by atoms with Crippen LogP contribution in [-0.2, 0) is 19.1 Å². The number of aliphatic hydroxyl groups is 1. The average Bonchev–Trinajstić information content (AvgIpc) is 2.26. The smallest absolute Gasteiger partial charge is 0.330 e. The molecule has 5 heteroatoms. The minimum Gasteiger partial charge on any atom is -0.459 e. The highest BCUT2D eigenvalue weighted by atomic mass is 16.5. The molecule has 19 heavy (non-hydrogen) atoms. The standard InChI is InChI=1S/C14H20O5/c1-10-5-3-7-14(17)19-11(2)9-12(15)6-4-8-13(16)18-10/h3-4,7-8,10-12,15H,5-6,9H2,1-2H3/t10-,11?,12+/m1/s1. The van der Waals surface area contributed by atoms with Gasteiger partial charge in [0.05, 0.1) is 6.10 Å². The molecule has 0 bridgehead atoms. The van der Waals surface area contributed by atoms with Gasteiger partial charge in [-0.1, -0.05) is 12.2 Å². The van der Waals surface area contributed by atoms with Gasteiger partial charge in [0, 0.05) is 25.0 Å². The number of cyclic esters (lactones) is 2. The summed E-state index contributed by atoms with van der Waals surface area (Å²) in [6.45, 7) is 3.46. The van der Waals surface area contributed by atoms with Gasteiger partial charge in [-0.3, -0.25) is 0 Å². The Morgan fingerprint density at radius 1 is 1.00 bits per heavy atom. The van der Waals surface area contributed by atoms with Gasteiger partial charge in [-0.2, -0.15) is 0 Å². The lowest BCUT2D eigenvalue weighted by molar-refractivity contribution is -0.143. The highest BCUT2D eigenvalue weighted by molar-refractivity contribution is 5.82. The van der Waals surface area contributed by atoms with E-state index >= 15 is 0 Å². The van der Waals surface area contributed by atoms with Gasteiger partial charge < -0.3 is 14.6 Å². The molecule has 1 heterocycles. The van der Waals surface area contributed by atoms with Crippen molar-refractivity contribution >= 4 is 11.9 Å². The molecule has 0 aromatic rings. The van der Waals surface area contributed by atoms with Gasteiger partial charge in [0.15, 0.2) is 0 Å². The summed E-state index contributed by atoms with van der Waals surface area (Å²) in [5, 5.41) is 9.70. The van der Waals surface area contributed by atoms with E-state index in [0.717, 1.165) is 0 Å². The number of carbonyl (C=O) groups is 2. The zero-order chi connectivity index (χ0) is 14.3. The molecule has 1 aliphatic rings. The number of esters is 2. The van der Waals surface area contributed by atoms with Crippen molar-refractivity contribution in [2.45, 2.75) is 51.4 Å². The van der Waals surface area contributed by atoms with E-state index < -0.39 is 18.0 Å². The van der Waals surface area contributed by atoms with Crippen LogP contribution in [0, 0.1) is 0 Å². The van der Waals surface area contributed by atoms with Crippen molar-refractivity contribution in [3.05, 3.63) is 24.3 Å². The molecule has 0 aromatic carbocycles. The van der Waals surface area contributed by atoms with Crippen LogP contribution in [0.3, 0.4) is 0 Å². The third-order valence-corrected chi connectivity index (χ3v) is 2.62. The van der Waals surface area contributed by atoms with Crippen LogP contribution < -0.4 is 0 Å². The highest BCUT2D eigenvalue weighted by Gasteiger charge is 2.13. The predicted molar refractivity (Wildman–Crippen MR) is 69.2 cm³/mol. The number of hydrogen-bond donors (Lipinski definition) is 1. The van der Waals surface area contributed by atoms with Crippen molar-refractivity contribution in [2.75, 3.05) is 0 Å². The summed E-state index contributed by atoms with van der Waals surface area (Å²) < 4.78 is 10.2. The lowest BCUT2D eigenvalue weighted by Crippen LogP contribution is -2.20. The van der Waals surface area contributed by atoms with Gasteiger partial charge in [-0.05, 0) is 20.3 Å². The number of hydrogen-bond acceptors (Lipinski definition) is 5. The van der Waals surface area contributed by atoms with Gasteiger partial charge in [0.25, 0.3) is 0 Å². The fourth-order valence-electron chi connectivity index (χ4n) is 1.73. The van der Waals surface area contributed by atoms with Crippen molar-refractivity contribution in [1.82, 2.24) is 0 Å². The van der Waals surface area contributed by atoms with E-state index in [4.69, 9.17) is 9.47 Å². The highest BCUT2D eigenvalue weighted by Crippen LogP contribution is 2.09. The molecule has 3 atom stereocenters. The van der Waals surface area contributed by atoms with Gasteiger partial charge >= 0.3 is 11.9 Å². The molecule has 0 fully saturated rings. The van der Waals surface area contributed by atoms with Gasteiger partial charge in [0.2, 0.25) is 0 Å². The van der Waals surface area contributed by atoms with Gasteiger partial charge in [-0.25, -0.2) is 9.59 Å². The summed E-state index contributed by atoms with van der Waals surface area (Å²) in [7, 11) is 0. The van der Waals surface area contributed by atoms with Crippen LogP contribution in [-0.4, -0.2) is 35.4 Å². The number of ether oxygens (including phenoxy) is 2. The Morgan fingerprint density at radius 2 is 1.53 bits per heavy atom. The monoisotopic (exact) mass is 268 g/mol. The van der Waals surface area contributed by atoms with Crippen molar-refractivity contribution in [3.8, 4) is 0 Å². The zero-order valence-electron chi connectivity index (χ0n) is 11.2. The molecule has 1 N–H and O–H groups in total. The Balaban J connectivity index is 2.69. The summed E-state index contributed by atoms with van der Waals surface area (Å²) in [6.07, 6.45) is 5.56. The Bertz CT molecular complexity index is 372. The molecule has 0 radical (unpaired) electrons. The normalized spacial score (nSPS) is 30.4. The third kappa shape index (κ3) is 6.76. The van der Waals surface area contributed by atoms with E-state index in [9.17, 15) is 14.7 Å². The molecule has 0 amide bonds. The maximum Gasteiger partial charge on any atom is 0.330 e. The second-order valence-electron chi connectivity index (χ2n) is 4.66. The maximum atomic E-state index is 11.4. The van der Waals surface area contributed by atoms with Crippen molar-refractivity contribution < 1.29 is 24.2 Å². The number of carbonyl (C=O) groups excluding carboxylic acids is 2. The molecular weight excluding hydrogens is 248 g/mol. The number of rotatable bonds is 0. The van der Waals surface area contributed by atoms with E-state index in [1.165, 1.54) is 12.2 Å². The molecule has 5 nitrogen and oxygen atoms in total. The molecule has 106 valence electrons. The third-order valence-electron chi connectivity index (χ3n) is 2.62. The van der Waals surface area contributed by atoms with Crippen LogP contribution >= 0.6 is 0 Å². The molecule has 1 rings (SSSR count). The summed E-state index contributed by atoms with van der Waals surface area (Å²) in [5.41, 5.74) is 0. The quantitative estimate of drug-likeness (QED) is 0.674.